The molecule has 0 saturated heterocycles. The Kier molecular flexibility index (Phi) is 3.64. The second-order valence-corrected chi connectivity index (χ2v) is 4.78. The lowest BCUT2D eigenvalue weighted by atomic mass is 10.2. The van der Waals surface area contributed by atoms with Gasteiger partial charge in [0.2, 0.25) is 5.91 Å². The number of aromatic nitrogens is 2. The van der Waals surface area contributed by atoms with Gasteiger partial charge in [0.15, 0.2) is 0 Å². The van der Waals surface area contributed by atoms with Gasteiger partial charge in [0, 0.05) is 25.1 Å². The van der Waals surface area contributed by atoms with Crippen LogP contribution < -0.4 is 5.32 Å². The molecule has 0 bridgehead atoms. The number of hydrogen-bond acceptors (Lipinski definition) is 2. The zero-order valence-corrected chi connectivity index (χ0v) is 11.3. The third kappa shape index (κ3) is 3.08. The third-order valence-electron chi connectivity index (χ3n) is 3.26. The molecule has 0 aliphatic carbocycles. The van der Waals surface area contributed by atoms with Crippen LogP contribution in [0.15, 0.2) is 55.0 Å². The maximum atomic E-state index is 13.3. The van der Waals surface area contributed by atoms with Crippen LogP contribution in [0.5, 0.6) is 0 Å². The van der Waals surface area contributed by atoms with Crippen LogP contribution in [0, 0.1) is 5.82 Å². The van der Waals surface area contributed by atoms with Crippen molar-refractivity contribution in [2.45, 2.75) is 13.1 Å². The van der Waals surface area contributed by atoms with E-state index in [4.69, 9.17) is 0 Å². The largest absolute Gasteiger partial charge is 0.350 e. The topological polar surface area (TPSA) is 46.9 Å². The summed E-state index contributed by atoms with van der Waals surface area (Å²) in [7, 11) is 0. The van der Waals surface area contributed by atoms with Gasteiger partial charge in [-0.2, -0.15) is 0 Å². The number of hydrogen-bond donors (Lipinski definition) is 1. The number of fused-ring (bicyclic) bond motifs is 1. The summed E-state index contributed by atoms with van der Waals surface area (Å²) in [6, 6.07) is 10.1. The molecule has 3 aromatic rings. The van der Waals surface area contributed by atoms with Crippen molar-refractivity contribution >= 4 is 16.8 Å². The lowest BCUT2D eigenvalue weighted by Gasteiger charge is -2.07. The van der Waals surface area contributed by atoms with E-state index in [1.54, 1.807) is 29.2 Å². The minimum absolute atomic E-state index is 0.124. The number of carbonyl (C=O) groups excluding carboxylic acids is 1. The molecule has 1 amide bonds. The molecule has 0 aliphatic heterocycles. The molecule has 0 spiro atoms. The molecule has 0 atom stereocenters. The van der Waals surface area contributed by atoms with Crippen molar-refractivity contribution in [3.8, 4) is 0 Å². The molecule has 0 unspecified atom stereocenters. The number of halogens is 1. The summed E-state index contributed by atoms with van der Waals surface area (Å²) in [5.74, 6) is -0.432. The molecule has 0 radical (unpaired) electrons. The number of carbonyl (C=O) groups is 1. The van der Waals surface area contributed by atoms with Gasteiger partial charge in [0.05, 0.1) is 5.52 Å². The Morgan fingerprint density at radius 2 is 2.19 bits per heavy atom. The van der Waals surface area contributed by atoms with Crippen molar-refractivity contribution in [3.05, 3.63) is 66.4 Å². The first-order valence-corrected chi connectivity index (χ1v) is 6.62. The zero-order chi connectivity index (χ0) is 14.7. The van der Waals surface area contributed by atoms with Crippen LogP contribution in [0.1, 0.15) is 5.56 Å². The van der Waals surface area contributed by atoms with Crippen LogP contribution in [0.3, 0.4) is 0 Å². The molecule has 0 saturated carbocycles. The molecule has 21 heavy (non-hydrogen) atoms. The smallest absolute Gasteiger partial charge is 0.240 e. The highest BCUT2D eigenvalue weighted by Gasteiger charge is 2.07. The second kappa shape index (κ2) is 5.75. The van der Waals surface area contributed by atoms with Crippen molar-refractivity contribution in [3.63, 3.8) is 0 Å². The van der Waals surface area contributed by atoms with Gasteiger partial charge in [-0.3, -0.25) is 9.78 Å². The summed E-state index contributed by atoms with van der Waals surface area (Å²) < 4.78 is 15.0. The first kappa shape index (κ1) is 13.3. The van der Waals surface area contributed by atoms with Crippen LogP contribution in [-0.2, 0) is 17.9 Å². The normalized spacial score (nSPS) is 10.7. The Morgan fingerprint density at radius 3 is 3.00 bits per heavy atom. The fourth-order valence-electron chi connectivity index (χ4n) is 2.21. The molecule has 1 N–H and O–H groups in total. The second-order valence-electron chi connectivity index (χ2n) is 4.78. The summed E-state index contributed by atoms with van der Waals surface area (Å²) >= 11 is 0. The van der Waals surface area contributed by atoms with Crippen molar-refractivity contribution in [2.24, 2.45) is 0 Å². The van der Waals surface area contributed by atoms with Crippen molar-refractivity contribution in [2.75, 3.05) is 0 Å². The number of pyridine rings is 1. The van der Waals surface area contributed by atoms with E-state index in [2.05, 4.69) is 10.3 Å². The zero-order valence-electron chi connectivity index (χ0n) is 11.3. The van der Waals surface area contributed by atoms with Gasteiger partial charge < -0.3 is 9.88 Å². The molecule has 0 aliphatic rings. The summed E-state index contributed by atoms with van der Waals surface area (Å²) in [6.45, 7) is 0.591. The maximum absolute atomic E-state index is 13.3. The number of amides is 1. The maximum Gasteiger partial charge on any atom is 0.240 e. The van der Waals surface area contributed by atoms with Crippen LogP contribution in [0.4, 0.5) is 4.39 Å². The van der Waals surface area contributed by atoms with E-state index in [0.717, 1.165) is 10.9 Å². The van der Waals surface area contributed by atoms with E-state index in [1.807, 2.05) is 18.2 Å². The van der Waals surface area contributed by atoms with Crippen LogP contribution in [-0.4, -0.2) is 15.5 Å². The average Bonchev–Trinajstić information content (AvgIpc) is 2.88. The molecule has 3 rings (SSSR count). The molecular formula is C16H14FN3O. The van der Waals surface area contributed by atoms with E-state index in [1.165, 1.54) is 12.1 Å². The Morgan fingerprint density at radius 1 is 1.29 bits per heavy atom. The molecule has 0 fully saturated rings. The Hall–Kier alpha value is -2.69. The van der Waals surface area contributed by atoms with Crippen LogP contribution >= 0.6 is 0 Å². The van der Waals surface area contributed by atoms with Gasteiger partial charge in [-0.1, -0.05) is 6.07 Å². The Labute approximate surface area is 121 Å². The lowest BCUT2D eigenvalue weighted by Crippen LogP contribution is -2.26. The van der Waals surface area contributed by atoms with Crippen LogP contribution in [0.25, 0.3) is 10.9 Å². The highest BCUT2D eigenvalue weighted by molar-refractivity contribution is 5.83. The predicted octanol–water partition coefficient (Wildman–Crippen LogP) is 2.49. The van der Waals surface area contributed by atoms with Gasteiger partial charge in [0.25, 0.3) is 0 Å². The Bertz CT molecular complexity index is 768. The predicted molar refractivity (Wildman–Crippen MR) is 78.0 cm³/mol. The molecule has 106 valence electrons. The Balaban J connectivity index is 1.67. The molecule has 4 nitrogen and oxygen atoms in total. The van der Waals surface area contributed by atoms with E-state index < -0.39 is 0 Å². The third-order valence-corrected chi connectivity index (χ3v) is 3.26. The summed E-state index contributed by atoms with van der Waals surface area (Å²) in [5.41, 5.74) is 1.65. The highest BCUT2D eigenvalue weighted by Crippen LogP contribution is 2.16. The van der Waals surface area contributed by atoms with E-state index in [0.29, 0.717) is 12.1 Å². The summed E-state index contributed by atoms with van der Waals surface area (Å²) in [6.07, 6.45) is 5.18. The number of nitrogens with zero attached hydrogens (tertiary/aromatic N) is 2. The van der Waals surface area contributed by atoms with E-state index >= 15 is 0 Å². The van der Waals surface area contributed by atoms with Crippen LogP contribution in [0.2, 0.25) is 0 Å². The molecular weight excluding hydrogens is 269 g/mol. The van der Waals surface area contributed by atoms with Gasteiger partial charge in [-0.05, 0) is 41.3 Å². The van der Waals surface area contributed by atoms with E-state index in [-0.39, 0.29) is 18.3 Å². The van der Waals surface area contributed by atoms with Gasteiger partial charge >= 0.3 is 0 Å². The van der Waals surface area contributed by atoms with Gasteiger partial charge in [-0.15, -0.1) is 0 Å². The monoisotopic (exact) mass is 283 g/mol. The summed E-state index contributed by atoms with van der Waals surface area (Å²) in [5, 5.41) is 3.74. The minimum Gasteiger partial charge on any atom is -0.350 e. The first-order chi connectivity index (χ1) is 10.2. The fourth-order valence-corrected chi connectivity index (χ4v) is 2.21. The summed E-state index contributed by atoms with van der Waals surface area (Å²) in [4.78, 5) is 16.0. The van der Waals surface area contributed by atoms with Crippen molar-refractivity contribution in [1.29, 1.82) is 0 Å². The highest BCUT2D eigenvalue weighted by atomic mass is 19.1. The molecule has 2 aromatic heterocycles. The SMILES string of the molecule is O=C(Cn1ccc2ccc(F)cc21)NCc1cccnc1. The van der Waals surface area contributed by atoms with Crippen molar-refractivity contribution < 1.29 is 9.18 Å². The average molecular weight is 283 g/mol. The fraction of sp³-hybridized carbons (Fsp3) is 0.125. The van der Waals surface area contributed by atoms with Gasteiger partial charge in [0.1, 0.15) is 12.4 Å². The minimum atomic E-state index is -0.307. The molecule has 2 heterocycles. The molecule has 5 heteroatoms. The standard InChI is InChI=1S/C16H14FN3O/c17-14-4-3-13-5-7-20(15(13)8-14)11-16(21)19-10-12-2-1-6-18-9-12/h1-9H,10-11H2,(H,19,21). The number of rotatable bonds is 4. The van der Waals surface area contributed by atoms with E-state index in [9.17, 15) is 9.18 Å². The lowest BCUT2D eigenvalue weighted by molar-refractivity contribution is -0.121. The molecule has 1 aromatic carbocycles. The quantitative estimate of drug-likeness (QED) is 0.799. The first-order valence-electron chi connectivity index (χ1n) is 6.62. The number of nitrogens with one attached hydrogen (secondary N) is 1. The van der Waals surface area contributed by atoms with Crippen molar-refractivity contribution in [1.82, 2.24) is 14.9 Å². The van der Waals surface area contributed by atoms with Gasteiger partial charge in [-0.25, -0.2) is 4.39 Å². The number of benzene rings is 1.